The van der Waals surface area contributed by atoms with Crippen LogP contribution in [0.2, 0.25) is 0 Å². The number of methoxy groups -OCH3 is 1. The minimum atomic E-state index is -0.704. The number of anilines is 1. The predicted octanol–water partition coefficient (Wildman–Crippen LogP) is 3.19. The summed E-state index contributed by atoms with van der Waals surface area (Å²) in [5.41, 5.74) is 3.32. The van der Waals surface area contributed by atoms with E-state index in [2.05, 4.69) is 9.89 Å². The van der Waals surface area contributed by atoms with E-state index in [9.17, 15) is 9.59 Å². The van der Waals surface area contributed by atoms with E-state index in [4.69, 9.17) is 4.84 Å². The van der Waals surface area contributed by atoms with Gasteiger partial charge in [-0.3, -0.25) is 4.79 Å². The lowest BCUT2D eigenvalue weighted by Crippen LogP contribution is -2.42. The van der Waals surface area contributed by atoms with Crippen LogP contribution in [0.3, 0.4) is 0 Å². The Labute approximate surface area is 158 Å². The van der Waals surface area contributed by atoms with Crippen molar-refractivity contribution in [2.24, 2.45) is 5.16 Å². The Hall–Kier alpha value is -3.15. The summed E-state index contributed by atoms with van der Waals surface area (Å²) < 4.78 is 4.66. The summed E-state index contributed by atoms with van der Waals surface area (Å²) in [5.74, 6) is -0.514. The molecule has 0 aromatic heterocycles. The van der Waals surface area contributed by atoms with Crippen LogP contribution in [-0.4, -0.2) is 37.3 Å². The van der Waals surface area contributed by atoms with Gasteiger partial charge in [0.25, 0.3) is 5.91 Å². The van der Waals surface area contributed by atoms with Gasteiger partial charge in [-0.05, 0) is 49.6 Å². The van der Waals surface area contributed by atoms with Gasteiger partial charge in [0.1, 0.15) is 0 Å². The topological polar surface area (TPSA) is 68.2 Å². The first-order valence-electron chi connectivity index (χ1n) is 8.80. The first kappa shape index (κ1) is 18.6. The van der Waals surface area contributed by atoms with E-state index in [-0.39, 0.29) is 11.9 Å². The largest absolute Gasteiger partial charge is 0.465 e. The van der Waals surface area contributed by atoms with Crippen LogP contribution in [0.5, 0.6) is 0 Å². The van der Waals surface area contributed by atoms with Crippen LogP contribution in [0.1, 0.15) is 35.3 Å². The normalized spacial score (nSPS) is 16.9. The number of carbonyl (C=O) groups is 2. The van der Waals surface area contributed by atoms with Gasteiger partial charge in [0.15, 0.2) is 0 Å². The van der Waals surface area contributed by atoms with Gasteiger partial charge in [-0.15, -0.1) is 0 Å². The van der Waals surface area contributed by atoms with Gasteiger partial charge in [0.05, 0.1) is 18.9 Å². The molecule has 1 amide bonds. The second-order valence-electron chi connectivity index (χ2n) is 6.49. The average molecular weight is 366 g/mol. The van der Waals surface area contributed by atoms with E-state index in [0.717, 1.165) is 17.7 Å². The summed E-state index contributed by atoms with van der Waals surface area (Å²) in [6.07, 6.45) is 1.64. The maximum Gasteiger partial charge on any atom is 0.337 e. The minimum Gasteiger partial charge on any atom is -0.465 e. The average Bonchev–Trinajstić information content (AvgIpc) is 3.02. The summed E-state index contributed by atoms with van der Waals surface area (Å²) >= 11 is 0. The zero-order chi connectivity index (χ0) is 19.4. The summed E-state index contributed by atoms with van der Waals surface area (Å²) in [4.78, 5) is 31.4. The number of oxime groups is 1. The molecule has 6 heteroatoms. The molecule has 0 radical (unpaired) electrons. The fraction of sp³-hybridized carbons (Fsp3) is 0.286. The van der Waals surface area contributed by atoms with Crippen LogP contribution in [0.4, 0.5) is 5.69 Å². The molecule has 140 valence electrons. The van der Waals surface area contributed by atoms with Gasteiger partial charge in [0.2, 0.25) is 6.10 Å². The van der Waals surface area contributed by atoms with Gasteiger partial charge in [-0.1, -0.05) is 35.5 Å². The highest BCUT2D eigenvalue weighted by molar-refractivity contribution is 5.99. The maximum absolute atomic E-state index is 12.8. The quantitative estimate of drug-likeness (QED) is 0.463. The van der Waals surface area contributed by atoms with Crippen molar-refractivity contribution in [2.75, 3.05) is 12.0 Å². The fourth-order valence-corrected chi connectivity index (χ4v) is 3.15. The molecule has 6 nitrogen and oxygen atoms in total. The highest BCUT2D eigenvalue weighted by atomic mass is 16.6. The molecule has 27 heavy (non-hydrogen) atoms. The van der Waals surface area contributed by atoms with Gasteiger partial charge in [0, 0.05) is 11.7 Å². The molecule has 1 aliphatic heterocycles. The van der Waals surface area contributed by atoms with Crippen molar-refractivity contribution in [2.45, 2.75) is 32.4 Å². The van der Waals surface area contributed by atoms with E-state index in [0.29, 0.717) is 5.56 Å². The second kappa shape index (κ2) is 8.03. The fourth-order valence-electron chi connectivity index (χ4n) is 3.15. The lowest BCUT2D eigenvalue weighted by molar-refractivity contribution is -0.129. The van der Waals surface area contributed by atoms with Crippen molar-refractivity contribution >= 4 is 23.8 Å². The summed E-state index contributed by atoms with van der Waals surface area (Å²) in [5, 5.41) is 3.92. The lowest BCUT2D eigenvalue weighted by Gasteiger charge is -2.24. The van der Waals surface area contributed by atoms with Crippen molar-refractivity contribution in [3.05, 3.63) is 65.2 Å². The van der Waals surface area contributed by atoms with Gasteiger partial charge in [-0.25, -0.2) is 4.79 Å². The van der Waals surface area contributed by atoms with Gasteiger partial charge < -0.3 is 14.5 Å². The molecule has 3 rings (SSSR count). The van der Waals surface area contributed by atoms with Crippen molar-refractivity contribution < 1.29 is 19.2 Å². The second-order valence-corrected chi connectivity index (χ2v) is 6.49. The molecule has 2 aromatic rings. The molecule has 0 fully saturated rings. The van der Waals surface area contributed by atoms with E-state index >= 15 is 0 Å². The third-order valence-electron chi connectivity index (χ3n) is 4.54. The number of carbonyl (C=O) groups excluding carboxylic acids is 2. The molecule has 0 aliphatic carbocycles. The number of benzene rings is 2. The standard InChI is InChI=1S/C21H22N2O4/c1-14-12-18-6-4-5-7-19(18)23(14)20(24)15(2)27-22-13-16-8-10-17(11-9-16)21(25)26-3/h4-11,13-15H,12H2,1-3H3. The van der Waals surface area contributed by atoms with Crippen molar-refractivity contribution in [3.63, 3.8) is 0 Å². The Morgan fingerprint density at radius 2 is 1.89 bits per heavy atom. The van der Waals surface area contributed by atoms with Crippen molar-refractivity contribution in [3.8, 4) is 0 Å². The number of fused-ring (bicyclic) bond motifs is 1. The molecule has 0 saturated heterocycles. The molecule has 2 atom stereocenters. The summed E-state index contributed by atoms with van der Waals surface area (Å²) in [6.45, 7) is 3.71. The highest BCUT2D eigenvalue weighted by Crippen LogP contribution is 2.32. The van der Waals surface area contributed by atoms with Crippen LogP contribution in [0.25, 0.3) is 0 Å². The molecule has 2 unspecified atom stereocenters. The summed E-state index contributed by atoms with van der Waals surface area (Å²) in [7, 11) is 1.34. The number of nitrogens with zero attached hydrogens (tertiary/aromatic N) is 2. The maximum atomic E-state index is 12.8. The predicted molar refractivity (Wildman–Crippen MR) is 103 cm³/mol. The molecule has 2 aromatic carbocycles. The Morgan fingerprint density at radius 1 is 1.19 bits per heavy atom. The monoisotopic (exact) mass is 366 g/mol. The first-order valence-corrected chi connectivity index (χ1v) is 8.80. The number of esters is 1. The van der Waals surface area contributed by atoms with E-state index in [1.165, 1.54) is 18.9 Å². The smallest absolute Gasteiger partial charge is 0.337 e. The van der Waals surface area contributed by atoms with E-state index in [1.54, 1.807) is 36.1 Å². The van der Waals surface area contributed by atoms with Crippen LogP contribution < -0.4 is 4.90 Å². The first-order chi connectivity index (χ1) is 13.0. The van der Waals surface area contributed by atoms with E-state index < -0.39 is 12.1 Å². The van der Waals surface area contributed by atoms with Gasteiger partial charge >= 0.3 is 5.97 Å². The number of ether oxygens (including phenoxy) is 1. The molecular weight excluding hydrogens is 344 g/mol. The van der Waals surface area contributed by atoms with Crippen LogP contribution in [0, 0.1) is 0 Å². The molecule has 0 bridgehead atoms. The molecule has 0 saturated carbocycles. The zero-order valence-corrected chi connectivity index (χ0v) is 15.6. The zero-order valence-electron chi connectivity index (χ0n) is 15.6. The van der Waals surface area contributed by atoms with Crippen LogP contribution >= 0.6 is 0 Å². The Balaban J connectivity index is 1.62. The third-order valence-corrected chi connectivity index (χ3v) is 4.54. The number of para-hydroxylation sites is 1. The Bertz CT molecular complexity index is 861. The highest BCUT2D eigenvalue weighted by Gasteiger charge is 2.33. The molecule has 0 spiro atoms. The molecule has 1 heterocycles. The van der Waals surface area contributed by atoms with Crippen LogP contribution in [0.15, 0.2) is 53.7 Å². The third kappa shape index (κ3) is 4.00. The molecule has 0 N–H and O–H groups in total. The lowest BCUT2D eigenvalue weighted by atomic mass is 10.1. The molecule has 1 aliphatic rings. The SMILES string of the molecule is COC(=O)c1ccc(C=NOC(C)C(=O)N2c3ccccc3CC2C)cc1. The minimum absolute atomic E-state index is 0.0933. The van der Waals surface area contributed by atoms with Crippen molar-refractivity contribution in [1.82, 2.24) is 0 Å². The van der Waals surface area contributed by atoms with Crippen LogP contribution in [-0.2, 0) is 20.8 Å². The Kier molecular flexibility index (Phi) is 5.54. The summed E-state index contributed by atoms with van der Waals surface area (Å²) in [6, 6.07) is 14.7. The number of rotatable bonds is 5. The number of hydrogen-bond donors (Lipinski definition) is 0. The number of hydrogen-bond acceptors (Lipinski definition) is 5. The van der Waals surface area contributed by atoms with E-state index in [1.807, 2.05) is 31.2 Å². The van der Waals surface area contributed by atoms with Crippen molar-refractivity contribution in [1.29, 1.82) is 0 Å². The molecular formula is C21H22N2O4. The number of amides is 1. The Morgan fingerprint density at radius 3 is 2.59 bits per heavy atom. The van der Waals surface area contributed by atoms with Gasteiger partial charge in [-0.2, -0.15) is 0 Å².